The summed E-state index contributed by atoms with van der Waals surface area (Å²) in [5.74, 6) is 0.556. The zero-order valence-corrected chi connectivity index (χ0v) is 5.61. The van der Waals surface area contributed by atoms with E-state index in [1.54, 1.807) is 25.3 Å². The van der Waals surface area contributed by atoms with Gasteiger partial charge in [0.05, 0.1) is 0 Å². The summed E-state index contributed by atoms with van der Waals surface area (Å²) in [5.41, 5.74) is 2.48. The first kappa shape index (κ1) is 6.82. The lowest BCUT2D eigenvalue weighted by molar-refractivity contribution is 0.462. The second-order valence-corrected chi connectivity index (χ2v) is 1.75. The second-order valence-electron chi connectivity index (χ2n) is 1.75. The first-order valence-electron chi connectivity index (χ1n) is 2.87. The summed E-state index contributed by atoms with van der Waals surface area (Å²) >= 11 is 0. The molecule has 1 heterocycles. The summed E-state index contributed by atoms with van der Waals surface area (Å²) in [4.78, 5) is 3.80. The number of hydrazine groups is 1. The number of hydrogen-bond acceptors (Lipinski definition) is 3. The lowest BCUT2D eigenvalue weighted by atomic mass is 10.4. The smallest absolute Gasteiger partial charge is 0.138 e. The van der Waals surface area contributed by atoms with Crippen LogP contribution in [-0.4, -0.2) is 18.1 Å². The molecule has 4 heteroatoms. The minimum absolute atomic E-state index is 0.556. The van der Waals surface area contributed by atoms with Gasteiger partial charge in [0.2, 0.25) is 0 Å². The van der Waals surface area contributed by atoms with Gasteiger partial charge in [-0.3, -0.25) is 10.4 Å². The molecule has 4 nitrogen and oxygen atoms in total. The molecule has 0 aromatic rings. The largest absolute Gasteiger partial charge is 0.739 e. The Morgan fingerprint density at radius 2 is 2.40 bits per heavy atom. The molecule has 0 saturated carbocycles. The highest BCUT2D eigenvalue weighted by atomic mass is 16.5. The van der Waals surface area contributed by atoms with Gasteiger partial charge in [0.1, 0.15) is 5.84 Å². The molecular weight excluding hydrogens is 130 g/mol. The predicted molar refractivity (Wildman–Crippen MR) is 40.0 cm³/mol. The van der Waals surface area contributed by atoms with Crippen LogP contribution in [0.5, 0.6) is 0 Å². The first-order valence-corrected chi connectivity index (χ1v) is 2.87. The van der Waals surface area contributed by atoms with Gasteiger partial charge in [0, 0.05) is 13.2 Å². The molecule has 0 bridgehead atoms. The molecule has 0 unspecified atom stereocenters. The zero-order valence-electron chi connectivity index (χ0n) is 5.61. The molecule has 0 aromatic heterocycles. The molecule has 54 valence electrons. The summed E-state index contributed by atoms with van der Waals surface area (Å²) in [7, 11) is 1.62. The van der Waals surface area contributed by atoms with Crippen LogP contribution < -0.4 is 5.43 Å². The first-order chi connectivity index (χ1) is 4.83. The van der Waals surface area contributed by atoms with E-state index in [0.29, 0.717) is 11.0 Å². The molecule has 0 radical (unpaired) electrons. The minimum Gasteiger partial charge on any atom is -0.739 e. The molecule has 0 aliphatic carbocycles. The summed E-state index contributed by atoms with van der Waals surface area (Å²) in [6, 6.07) is 0. The van der Waals surface area contributed by atoms with Crippen molar-refractivity contribution in [1.82, 2.24) is 10.6 Å². The van der Waals surface area contributed by atoms with Crippen molar-refractivity contribution in [2.75, 3.05) is 7.05 Å². The normalized spacial score (nSPS) is 21.0. The number of nitrogens with one attached hydrogen (secondary N) is 1. The van der Waals surface area contributed by atoms with Gasteiger partial charge in [-0.15, -0.1) is 0 Å². The Morgan fingerprint density at radius 1 is 1.60 bits per heavy atom. The second kappa shape index (κ2) is 3.03. The van der Waals surface area contributed by atoms with Crippen molar-refractivity contribution in [2.45, 2.75) is 0 Å². The molecule has 0 spiro atoms. The van der Waals surface area contributed by atoms with Crippen molar-refractivity contribution < 1.29 is 0 Å². The number of aliphatic imine (C=N–C) groups is 1. The van der Waals surface area contributed by atoms with Crippen molar-refractivity contribution in [3.05, 3.63) is 29.6 Å². The number of hydrogen-bond donors (Lipinski definition) is 1. The third kappa shape index (κ3) is 1.60. The van der Waals surface area contributed by atoms with Crippen LogP contribution in [0.4, 0.5) is 0 Å². The van der Waals surface area contributed by atoms with Gasteiger partial charge >= 0.3 is 0 Å². The van der Waals surface area contributed by atoms with Crippen LogP contribution in [0.1, 0.15) is 0 Å². The third-order valence-electron chi connectivity index (χ3n) is 1.05. The Morgan fingerprint density at radius 3 is 3.10 bits per heavy atom. The number of amidine groups is 1. The van der Waals surface area contributed by atoms with Crippen molar-refractivity contribution in [2.24, 2.45) is 4.99 Å². The molecule has 1 N–H and O–H groups in total. The number of rotatable bonds is 0. The van der Waals surface area contributed by atoms with Gasteiger partial charge < -0.3 is 10.4 Å². The van der Waals surface area contributed by atoms with Gasteiger partial charge in [-0.1, -0.05) is 6.08 Å². The van der Waals surface area contributed by atoms with Crippen LogP contribution in [0.15, 0.2) is 29.4 Å². The summed E-state index contributed by atoms with van der Waals surface area (Å²) < 4.78 is 0. The van der Waals surface area contributed by atoms with Crippen molar-refractivity contribution in [3.63, 3.8) is 0 Å². The molecular formula is C6H8N3O-. The van der Waals surface area contributed by atoms with E-state index in [1.807, 2.05) is 0 Å². The Hall–Kier alpha value is -1.29. The standard InChI is InChI=1S/C6H8N3O/c1-7-6-4-2-3-5-9(10)8-6/h2-5H,1H3,(H,7,8)/q-1. The Bertz CT molecular complexity index is 195. The van der Waals surface area contributed by atoms with E-state index in [0.717, 1.165) is 0 Å². The monoisotopic (exact) mass is 138 g/mol. The third-order valence-corrected chi connectivity index (χ3v) is 1.05. The molecule has 0 saturated heterocycles. The molecule has 1 aliphatic rings. The Kier molecular flexibility index (Phi) is 2.07. The Labute approximate surface area is 59.1 Å². The predicted octanol–water partition coefficient (Wildman–Crippen LogP) is 0.403. The fourth-order valence-corrected chi connectivity index (χ4v) is 0.587. The van der Waals surface area contributed by atoms with Crippen LogP contribution in [-0.2, 0) is 0 Å². The number of hydroxylamine groups is 1. The van der Waals surface area contributed by atoms with Crippen molar-refractivity contribution in [1.29, 1.82) is 0 Å². The number of allylic oxidation sites excluding steroid dienone is 2. The maximum Gasteiger partial charge on any atom is 0.138 e. The average Bonchev–Trinajstić information content (AvgIpc) is 2.13. The van der Waals surface area contributed by atoms with Crippen LogP contribution in [0.3, 0.4) is 0 Å². The Balaban J connectivity index is 2.69. The highest BCUT2D eigenvalue weighted by molar-refractivity contribution is 5.93. The minimum atomic E-state index is 0.556. The molecule has 1 aliphatic heterocycles. The molecule has 0 fully saturated rings. The quantitative estimate of drug-likeness (QED) is 0.527. The van der Waals surface area contributed by atoms with Crippen LogP contribution in [0.2, 0.25) is 0 Å². The SMILES string of the molecule is CN=C1C=CC=CN([O-])N1. The highest BCUT2D eigenvalue weighted by Crippen LogP contribution is 1.90. The molecule has 0 amide bonds. The van der Waals surface area contributed by atoms with Gasteiger partial charge in [0.15, 0.2) is 0 Å². The van der Waals surface area contributed by atoms with E-state index in [2.05, 4.69) is 10.4 Å². The van der Waals surface area contributed by atoms with E-state index in [1.165, 1.54) is 6.20 Å². The van der Waals surface area contributed by atoms with E-state index in [9.17, 15) is 5.21 Å². The van der Waals surface area contributed by atoms with Gasteiger partial charge in [-0.2, -0.15) is 0 Å². The van der Waals surface area contributed by atoms with Crippen LogP contribution in [0, 0.1) is 5.21 Å². The molecule has 10 heavy (non-hydrogen) atoms. The molecule has 0 atom stereocenters. The van der Waals surface area contributed by atoms with Gasteiger partial charge in [-0.05, 0) is 12.2 Å². The highest BCUT2D eigenvalue weighted by Gasteiger charge is 1.91. The van der Waals surface area contributed by atoms with Gasteiger partial charge in [0.25, 0.3) is 0 Å². The maximum atomic E-state index is 10.7. The fourth-order valence-electron chi connectivity index (χ4n) is 0.587. The van der Waals surface area contributed by atoms with Crippen molar-refractivity contribution in [3.8, 4) is 0 Å². The topological polar surface area (TPSA) is 50.7 Å². The van der Waals surface area contributed by atoms with E-state index in [4.69, 9.17) is 0 Å². The lowest BCUT2D eigenvalue weighted by Gasteiger charge is -2.25. The van der Waals surface area contributed by atoms with E-state index >= 15 is 0 Å². The van der Waals surface area contributed by atoms with E-state index < -0.39 is 0 Å². The average molecular weight is 138 g/mol. The maximum absolute atomic E-state index is 10.7. The van der Waals surface area contributed by atoms with E-state index in [-0.39, 0.29) is 0 Å². The summed E-state index contributed by atoms with van der Waals surface area (Å²) in [6.45, 7) is 0. The fraction of sp³-hybridized carbons (Fsp3) is 0.167. The van der Waals surface area contributed by atoms with Crippen LogP contribution >= 0.6 is 0 Å². The molecule has 1 rings (SSSR count). The van der Waals surface area contributed by atoms with Crippen molar-refractivity contribution >= 4 is 5.84 Å². The lowest BCUT2D eigenvalue weighted by Crippen LogP contribution is -2.32. The summed E-state index contributed by atoms with van der Waals surface area (Å²) in [6.07, 6.45) is 6.47. The molecule has 0 aromatic carbocycles. The zero-order chi connectivity index (χ0) is 7.40. The number of nitrogens with zero attached hydrogens (tertiary/aromatic N) is 2. The summed E-state index contributed by atoms with van der Waals surface area (Å²) in [5, 5.41) is 11.2. The van der Waals surface area contributed by atoms with Gasteiger partial charge in [-0.25, -0.2) is 0 Å². The van der Waals surface area contributed by atoms with Crippen LogP contribution in [0.25, 0.3) is 0 Å².